The molecule has 0 atom stereocenters. The Morgan fingerprint density at radius 1 is 0.941 bits per heavy atom. The van der Waals surface area contributed by atoms with Gasteiger partial charge >= 0.3 is 0 Å². The van der Waals surface area contributed by atoms with Crippen molar-refractivity contribution in [2.45, 2.75) is 52.9 Å². The number of carbonyl (C=O) groups is 2. The van der Waals surface area contributed by atoms with Crippen molar-refractivity contribution in [2.75, 3.05) is 6.54 Å². The molecule has 1 heterocycles. The van der Waals surface area contributed by atoms with Gasteiger partial charge in [0.15, 0.2) is 0 Å². The van der Waals surface area contributed by atoms with Crippen LogP contribution in [0.1, 0.15) is 52.9 Å². The monoisotopic (exact) mass is 237 g/mol. The summed E-state index contributed by atoms with van der Waals surface area (Å²) in [6, 6.07) is 0. The number of hydrogen-bond acceptors (Lipinski definition) is 2. The zero-order valence-corrected chi connectivity index (χ0v) is 11.2. The summed E-state index contributed by atoms with van der Waals surface area (Å²) in [6.07, 6.45) is 8.35. The second-order valence-corrected chi connectivity index (χ2v) is 5.89. The highest BCUT2D eigenvalue weighted by molar-refractivity contribution is 6.12. The van der Waals surface area contributed by atoms with E-state index in [-0.39, 0.29) is 11.8 Å². The third kappa shape index (κ3) is 5.16. The molecule has 0 unspecified atom stereocenters. The van der Waals surface area contributed by atoms with Gasteiger partial charge in [-0.05, 0) is 18.3 Å². The van der Waals surface area contributed by atoms with Gasteiger partial charge in [-0.3, -0.25) is 14.5 Å². The van der Waals surface area contributed by atoms with Gasteiger partial charge < -0.3 is 0 Å². The van der Waals surface area contributed by atoms with Crippen LogP contribution in [0.25, 0.3) is 0 Å². The Labute approximate surface area is 104 Å². The molecule has 17 heavy (non-hydrogen) atoms. The fraction of sp³-hybridized carbons (Fsp3) is 0.714. The average Bonchev–Trinajstić information content (AvgIpc) is 2.52. The summed E-state index contributed by atoms with van der Waals surface area (Å²) >= 11 is 0. The predicted octanol–water partition coefficient (Wildman–Crippen LogP) is 2.91. The molecule has 2 amide bonds. The average molecular weight is 237 g/mol. The van der Waals surface area contributed by atoms with Crippen LogP contribution in [0.4, 0.5) is 0 Å². The van der Waals surface area contributed by atoms with Crippen LogP contribution >= 0.6 is 0 Å². The van der Waals surface area contributed by atoms with E-state index in [1.165, 1.54) is 36.3 Å². The molecule has 0 aromatic carbocycles. The molecule has 3 nitrogen and oxygen atoms in total. The summed E-state index contributed by atoms with van der Waals surface area (Å²) in [5, 5.41) is 0. The summed E-state index contributed by atoms with van der Waals surface area (Å²) < 4.78 is 0. The smallest absolute Gasteiger partial charge is 0.253 e. The molecule has 96 valence electrons. The fourth-order valence-corrected chi connectivity index (χ4v) is 1.93. The van der Waals surface area contributed by atoms with Crippen molar-refractivity contribution in [2.24, 2.45) is 5.41 Å². The molecule has 0 aromatic rings. The maximum absolute atomic E-state index is 11.3. The van der Waals surface area contributed by atoms with E-state index in [2.05, 4.69) is 20.8 Å². The Kier molecular flexibility index (Phi) is 4.91. The van der Waals surface area contributed by atoms with Gasteiger partial charge in [-0.1, -0.05) is 40.0 Å². The zero-order valence-electron chi connectivity index (χ0n) is 11.2. The van der Waals surface area contributed by atoms with Gasteiger partial charge in [-0.15, -0.1) is 0 Å². The molecule has 1 aliphatic heterocycles. The quantitative estimate of drug-likeness (QED) is 0.526. The van der Waals surface area contributed by atoms with Crippen LogP contribution in [0, 0.1) is 5.41 Å². The van der Waals surface area contributed by atoms with Crippen LogP contribution in [0.2, 0.25) is 0 Å². The number of rotatable bonds is 6. The van der Waals surface area contributed by atoms with Crippen molar-refractivity contribution in [3.8, 4) is 0 Å². The maximum atomic E-state index is 11.3. The van der Waals surface area contributed by atoms with E-state index in [0.29, 0.717) is 12.0 Å². The molecular formula is C14H23NO2. The van der Waals surface area contributed by atoms with Gasteiger partial charge in [-0.25, -0.2) is 0 Å². The standard InChI is InChI=1S/C14H23NO2/c1-14(2,3)10-6-4-5-7-11-15-12(16)8-9-13(15)17/h8-9H,4-7,10-11H2,1-3H3. The molecule has 1 rings (SSSR count). The van der Waals surface area contributed by atoms with Crippen molar-refractivity contribution in [3.05, 3.63) is 12.2 Å². The summed E-state index contributed by atoms with van der Waals surface area (Å²) in [7, 11) is 0. The fourth-order valence-electron chi connectivity index (χ4n) is 1.93. The second-order valence-electron chi connectivity index (χ2n) is 5.89. The normalized spacial score (nSPS) is 16.1. The summed E-state index contributed by atoms with van der Waals surface area (Å²) in [6.45, 7) is 7.32. The zero-order chi connectivity index (χ0) is 12.9. The Bertz CT molecular complexity index is 295. The molecule has 0 aliphatic carbocycles. The van der Waals surface area contributed by atoms with Gasteiger partial charge in [0, 0.05) is 18.7 Å². The summed E-state index contributed by atoms with van der Waals surface area (Å²) in [5.74, 6) is -0.325. The molecule has 0 fully saturated rings. The van der Waals surface area contributed by atoms with Crippen molar-refractivity contribution < 1.29 is 9.59 Å². The van der Waals surface area contributed by atoms with Gasteiger partial charge in [-0.2, -0.15) is 0 Å². The highest BCUT2D eigenvalue weighted by Crippen LogP contribution is 2.22. The van der Waals surface area contributed by atoms with Gasteiger partial charge in [0.2, 0.25) is 0 Å². The molecule has 0 aromatic heterocycles. The lowest BCUT2D eigenvalue weighted by molar-refractivity contribution is -0.136. The van der Waals surface area contributed by atoms with Crippen LogP contribution in [0.5, 0.6) is 0 Å². The van der Waals surface area contributed by atoms with Gasteiger partial charge in [0.05, 0.1) is 0 Å². The highest BCUT2D eigenvalue weighted by atomic mass is 16.2. The van der Waals surface area contributed by atoms with Crippen LogP contribution in [-0.4, -0.2) is 23.3 Å². The largest absolute Gasteiger partial charge is 0.275 e. The van der Waals surface area contributed by atoms with E-state index < -0.39 is 0 Å². The van der Waals surface area contributed by atoms with E-state index >= 15 is 0 Å². The number of hydrogen-bond donors (Lipinski definition) is 0. The van der Waals surface area contributed by atoms with Crippen LogP contribution in [0.3, 0.4) is 0 Å². The van der Waals surface area contributed by atoms with Crippen LogP contribution < -0.4 is 0 Å². The third-order valence-corrected chi connectivity index (χ3v) is 2.96. The van der Waals surface area contributed by atoms with Crippen LogP contribution in [0.15, 0.2) is 12.2 Å². The van der Waals surface area contributed by atoms with Crippen molar-refractivity contribution >= 4 is 11.8 Å². The molecule has 0 saturated carbocycles. The highest BCUT2D eigenvalue weighted by Gasteiger charge is 2.22. The van der Waals surface area contributed by atoms with E-state index in [0.717, 1.165) is 12.8 Å². The summed E-state index contributed by atoms with van der Waals surface area (Å²) in [5.41, 5.74) is 0.408. The molecule has 0 bridgehead atoms. The molecule has 0 saturated heterocycles. The molecule has 3 heteroatoms. The molecule has 0 N–H and O–H groups in total. The number of imide groups is 1. The Morgan fingerprint density at radius 3 is 2.00 bits per heavy atom. The Balaban J connectivity index is 2.05. The van der Waals surface area contributed by atoms with Crippen LogP contribution in [-0.2, 0) is 9.59 Å². The molecule has 0 radical (unpaired) electrons. The predicted molar refractivity (Wildman–Crippen MR) is 68.4 cm³/mol. The lowest BCUT2D eigenvalue weighted by atomic mass is 9.89. The minimum atomic E-state index is -0.162. The Morgan fingerprint density at radius 2 is 1.47 bits per heavy atom. The SMILES string of the molecule is CC(C)(C)CCCCCCN1C(=O)C=CC1=O. The first kappa shape index (κ1) is 13.9. The van der Waals surface area contributed by atoms with Gasteiger partial charge in [0.25, 0.3) is 11.8 Å². The van der Waals surface area contributed by atoms with Crippen molar-refractivity contribution in [1.82, 2.24) is 4.90 Å². The lowest BCUT2D eigenvalue weighted by Crippen LogP contribution is -2.30. The maximum Gasteiger partial charge on any atom is 0.253 e. The first-order valence-corrected chi connectivity index (χ1v) is 6.44. The van der Waals surface area contributed by atoms with E-state index in [4.69, 9.17) is 0 Å². The second kappa shape index (κ2) is 5.99. The minimum absolute atomic E-state index is 0.162. The van der Waals surface area contributed by atoms with Gasteiger partial charge in [0.1, 0.15) is 0 Å². The van der Waals surface area contributed by atoms with E-state index in [9.17, 15) is 9.59 Å². The summed E-state index contributed by atoms with van der Waals surface area (Å²) in [4.78, 5) is 23.8. The first-order valence-electron chi connectivity index (χ1n) is 6.44. The van der Waals surface area contributed by atoms with Crippen molar-refractivity contribution in [3.63, 3.8) is 0 Å². The number of amides is 2. The number of nitrogens with zero attached hydrogens (tertiary/aromatic N) is 1. The Hall–Kier alpha value is -1.12. The minimum Gasteiger partial charge on any atom is -0.275 e. The third-order valence-electron chi connectivity index (χ3n) is 2.96. The number of unbranched alkanes of at least 4 members (excludes halogenated alkanes) is 3. The van der Waals surface area contributed by atoms with Crippen molar-refractivity contribution in [1.29, 1.82) is 0 Å². The topological polar surface area (TPSA) is 37.4 Å². The molecule has 0 spiro atoms. The molecular weight excluding hydrogens is 214 g/mol. The van der Waals surface area contributed by atoms with E-state index in [1.807, 2.05) is 0 Å². The first-order chi connectivity index (χ1) is 7.90. The molecule has 1 aliphatic rings. The number of carbonyl (C=O) groups excluding carboxylic acids is 2. The van der Waals surface area contributed by atoms with E-state index in [1.54, 1.807) is 0 Å². The lowest BCUT2D eigenvalue weighted by Gasteiger charge is -2.17.